The SMILES string of the molecule is COC(=O)CN1CC(C)NCC(C)N(CC(=O)OC)CC(C)N(CC(=O)OC)CC1C. The Balaban J connectivity index is 3.15. The van der Waals surface area contributed by atoms with Gasteiger partial charge in [-0.15, -0.1) is 0 Å². The number of carbonyl (C=O) groups is 3. The number of nitrogens with zero attached hydrogens (tertiary/aromatic N) is 3. The highest BCUT2D eigenvalue weighted by molar-refractivity contribution is 5.72. The fraction of sp³-hybridized carbons (Fsp3) is 0.857. The van der Waals surface area contributed by atoms with Gasteiger partial charge in [-0.2, -0.15) is 0 Å². The van der Waals surface area contributed by atoms with Gasteiger partial charge in [-0.25, -0.2) is 0 Å². The number of esters is 3. The van der Waals surface area contributed by atoms with Gasteiger partial charge in [0.2, 0.25) is 0 Å². The molecule has 0 spiro atoms. The summed E-state index contributed by atoms with van der Waals surface area (Å²) in [6, 6.07) is 0.127. The normalized spacial score (nSPS) is 27.6. The predicted octanol–water partition coefficient (Wildman–Crippen LogP) is -0.431. The summed E-state index contributed by atoms with van der Waals surface area (Å²) in [6.07, 6.45) is 0. The molecule has 1 rings (SSSR count). The maximum Gasteiger partial charge on any atom is 0.319 e. The van der Waals surface area contributed by atoms with Crippen molar-refractivity contribution in [3.63, 3.8) is 0 Å². The number of nitrogens with one attached hydrogen (secondary N) is 1. The second kappa shape index (κ2) is 13.6. The molecule has 10 heteroatoms. The number of carbonyl (C=O) groups excluding carboxylic acids is 3. The fourth-order valence-corrected chi connectivity index (χ4v) is 3.72. The van der Waals surface area contributed by atoms with Crippen molar-refractivity contribution in [2.45, 2.75) is 51.9 Å². The Morgan fingerprint density at radius 3 is 1.42 bits per heavy atom. The first-order chi connectivity index (χ1) is 14.6. The van der Waals surface area contributed by atoms with E-state index < -0.39 is 0 Å². The maximum atomic E-state index is 12.1. The van der Waals surface area contributed by atoms with Crippen molar-refractivity contribution in [3.8, 4) is 0 Å². The van der Waals surface area contributed by atoms with Gasteiger partial charge >= 0.3 is 17.9 Å². The van der Waals surface area contributed by atoms with Crippen LogP contribution >= 0.6 is 0 Å². The molecule has 1 fully saturated rings. The lowest BCUT2D eigenvalue weighted by Gasteiger charge is -2.40. The van der Waals surface area contributed by atoms with Crippen LogP contribution in [0.1, 0.15) is 27.7 Å². The zero-order valence-corrected chi connectivity index (χ0v) is 20.1. The van der Waals surface area contributed by atoms with Gasteiger partial charge in [-0.1, -0.05) is 0 Å². The summed E-state index contributed by atoms with van der Waals surface area (Å²) >= 11 is 0. The van der Waals surface area contributed by atoms with Gasteiger partial charge in [0.05, 0.1) is 41.0 Å². The third kappa shape index (κ3) is 9.51. The zero-order chi connectivity index (χ0) is 23.6. The van der Waals surface area contributed by atoms with E-state index in [1.807, 2.05) is 18.7 Å². The van der Waals surface area contributed by atoms with Gasteiger partial charge in [0.15, 0.2) is 0 Å². The quantitative estimate of drug-likeness (QED) is 0.429. The number of ether oxygens (including phenoxy) is 3. The minimum Gasteiger partial charge on any atom is -0.468 e. The van der Waals surface area contributed by atoms with Crippen LogP contribution in [0.25, 0.3) is 0 Å². The highest BCUT2D eigenvalue weighted by atomic mass is 16.5. The Morgan fingerprint density at radius 1 is 0.677 bits per heavy atom. The molecule has 1 N–H and O–H groups in total. The van der Waals surface area contributed by atoms with E-state index in [4.69, 9.17) is 14.2 Å². The summed E-state index contributed by atoms with van der Waals surface area (Å²) in [5.74, 6) is -0.916. The number of rotatable bonds is 6. The smallest absolute Gasteiger partial charge is 0.319 e. The van der Waals surface area contributed by atoms with Crippen molar-refractivity contribution in [1.29, 1.82) is 0 Å². The standard InChI is InChI=1S/C21H40N4O6/c1-15-9-23(12-19(26)29-5)17(3)11-25(14-21(28)31-7)18(4)10-24(13-20(27)30-6)16(2)8-22-15/h15-18,22H,8-14H2,1-7H3. The Bertz CT molecular complexity index is 574. The lowest BCUT2D eigenvalue weighted by Crippen LogP contribution is -2.57. The van der Waals surface area contributed by atoms with Crippen LogP contribution in [-0.2, 0) is 28.6 Å². The van der Waals surface area contributed by atoms with Crippen LogP contribution in [0.3, 0.4) is 0 Å². The van der Waals surface area contributed by atoms with Crippen LogP contribution in [0.15, 0.2) is 0 Å². The first-order valence-corrected chi connectivity index (χ1v) is 10.8. The Labute approximate surface area is 186 Å². The molecule has 1 heterocycles. The molecule has 0 saturated carbocycles. The molecule has 0 aromatic heterocycles. The van der Waals surface area contributed by atoms with E-state index in [0.717, 1.165) is 0 Å². The van der Waals surface area contributed by atoms with Crippen LogP contribution in [0.2, 0.25) is 0 Å². The number of methoxy groups -OCH3 is 3. The van der Waals surface area contributed by atoms with Crippen molar-refractivity contribution in [2.75, 3.05) is 67.1 Å². The molecule has 1 aliphatic heterocycles. The van der Waals surface area contributed by atoms with E-state index in [2.05, 4.69) is 29.0 Å². The van der Waals surface area contributed by atoms with Crippen LogP contribution < -0.4 is 5.32 Å². The summed E-state index contributed by atoms with van der Waals surface area (Å²) in [6.45, 7) is 11.1. The van der Waals surface area contributed by atoms with E-state index in [-0.39, 0.29) is 61.7 Å². The summed E-state index contributed by atoms with van der Waals surface area (Å²) in [5, 5.41) is 3.51. The fourth-order valence-electron chi connectivity index (χ4n) is 3.72. The molecule has 0 aromatic rings. The predicted molar refractivity (Wildman–Crippen MR) is 117 cm³/mol. The van der Waals surface area contributed by atoms with Gasteiger partial charge in [-0.3, -0.25) is 29.1 Å². The van der Waals surface area contributed by atoms with Crippen molar-refractivity contribution in [3.05, 3.63) is 0 Å². The van der Waals surface area contributed by atoms with E-state index in [1.165, 1.54) is 21.3 Å². The van der Waals surface area contributed by atoms with Gasteiger partial charge in [0.1, 0.15) is 0 Å². The molecule has 31 heavy (non-hydrogen) atoms. The third-order valence-electron chi connectivity index (χ3n) is 5.82. The van der Waals surface area contributed by atoms with E-state index in [9.17, 15) is 14.4 Å². The highest BCUT2D eigenvalue weighted by Gasteiger charge is 2.29. The van der Waals surface area contributed by atoms with Crippen molar-refractivity contribution in [2.24, 2.45) is 0 Å². The summed E-state index contributed by atoms with van der Waals surface area (Å²) in [7, 11) is 4.14. The maximum absolute atomic E-state index is 12.1. The first-order valence-electron chi connectivity index (χ1n) is 10.8. The van der Waals surface area contributed by atoms with Gasteiger partial charge in [-0.05, 0) is 27.7 Å². The van der Waals surface area contributed by atoms with Crippen molar-refractivity contribution < 1.29 is 28.6 Å². The molecule has 1 aliphatic rings. The summed E-state index contributed by atoms with van der Waals surface area (Å²) < 4.78 is 14.7. The molecule has 0 radical (unpaired) electrons. The highest BCUT2D eigenvalue weighted by Crippen LogP contribution is 2.12. The molecule has 180 valence electrons. The third-order valence-corrected chi connectivity index (χ3v) is 5.82. The van der Waals surface area contributed by atoms with Crippen molar-refractivity contribution in [1.82, 2.24) is 20.0 Å². The van der Waals surface area contributed by atoms with Gasteiger partial charge < -0.3 is 19.5 Å². The molecule has 4 unspecified atom stereocenters. The Hall–Kier alpha value is -1.75. The van der Waals surface area contributed by atoms with Crippen LogP contribution in [0.5, 0.6) is 0 Å². The lowest BCUT2D eigenvalue weighted by atomic mass is 10.1. The minimum atomic E-state index is -0.326. The van der Waals surface area contributed by atoms with Gasteiger partial charge in [0.25, 0.3) is 0 Å². The van der Waals surface area contributed by atoms with Crippen LogP contribution in [-0.4, -0.2) is 124 Å². The average molecular weight is 445 g/mol. The largest absolute Gasteiger partial charge is 0.468 e. The molecular weight excluding hydrogens is 404 g/mol. The monoisotopic (exact) mass is 444 g/mol. The topological polar surface area (TPSA) is 101 Å². The molecule has 0 amide bonds. The number of hydrogen-bond donors (Lipinski definition) is 1. The second-order valence-corrected chi connectivity index (χ2v) is 8.37. The van der Waals surface area contributed by atoms with E-state index >= 15 is 0 Å². The van der Waals surface area contributed by atoms with E-state index in [0.29, 0.717) is 26.2 Å². The van der Waals surface area contributed by atoms with Gasteiger partial charge in [0, 0.05) is 50.3 Å². The molecule has 10 nitrogen and oxygen atoms in total. The molecular formula is C21H40N4O6. The van der Waals surface area contributed by atoms with E-state index in [1.54, 1.807) is 0 Å². The zero-order valence-electron chi connectivity index (χ0n) is 20.1. The minimum absolute atomic E-state index is 0.0126. The first kappa shape index (κ1) is 27.3. The molecule has 0 aliphatic carbocycles. The van der Waals surface area contributed by atoms with Crippen LogP contribution in [0.4, 0.5) is 0 Å². The average Bonchev–Trinajstić information content (AvgIpc) is 2.74. The second-order valence-electron chi connectivity index (χ2n) is 8.37. The molecule has 0 aromatic carbocycles. The van der Waals surface area contributed by atoms with Crippen molar-refractivity contribution >= 4 is 17.9 Å². The summed E-state index contributed by atoms with van der Waals surface area (Å²) in [4.78, 5) is 42.2. The molecule has 4 atom stereocenters. The van der Waals surface area contributed by atoms with Crippen LogP contribution in [0, 0.1) is 0 Å². The number of hydrogen-bond acceptors (Lipinski definition) is 10. The molecule has 0 bridgehead atoms. The Kier molecular flexibility index (Phi) is 12.0. The lowest BCUT2D eigenvalue weighted by molar-refractivity contribution is -0.145. The summed E-state index contributed by atoms with van der Waals surface area (Å²) in [5.41, 5.74) is 0. The Morgan fingerprint density at radius 2 is 1.03 bits per heavy atom. The molecule has 1 saturated heterocycles.